The van der Waals surface area contributed by atoms with Crippen LogP contribution in [0.15, 0.2) is 79.0 Å². The molecule has 0 bridgehead atoms. The van der Waals surface area contributed by atoms with E-state index in [0.29, 0.717) is 52.5 Å². The topological polar surface area (TPSA) is 117 Å². The lowest BCUT2D eigenvalue weighted by atomic mass is 9.91. The predicted octanol–water partition coefficient (Wildman–Crippen LogP) is 4.47. The van der Waals surface area contributed by atoms with Crippen LogP contribution in [-0.4, -0.2) is 29.5 Å². The van der Waals surface area contributed by atoms with Crippen LogP contribution in [0.5, 0.6) is 0 Å². The molecular formula is C28H25FN6O. The molecule has 1 unspecified atom stereocenters. The minimum absolute atomic E-state index is 0.298. The fraction of sp³-hybridized carbons (Fsp3) is 0.143. The number of hydrogen-bond acceptors (Lipinski definition) is 6. The molecule has 2 aromatic heterocycles. The Morgan fingerprint density at radius 3 is 2.64 bits per heavy atom. The second-order valence-electron chi connectivity index (χ2n) is 8.16. The van der Waals surface area contributed by atoms with E-state index in [9.17, 15) is 14.4 Å². The molecule has 180 valence electrons. The quantitative estimate of drug-likeness (QED) is 0.325. The van der Waals surface area contributed by atoms with Gasteiger partial charge in [0.25, 0.3) is 0 Å². The Labute approximate surface area is 208 Å². The predicted molar refractivity (Wildman–Crippen MR) is 138 cm³/mol. The number of amides is 1. The monoisotopic (exact) mass is 480 g/mol. The van der Waals surface area contributed by atoms with Gasteiger partial charge in [-0.3, -0.25) is 4.79 Å². The Bertz CT molecular complexity index is 1410. The van der Waals surface area contributed by atoms with E-state index in [4.69, 9.17) is 10.7 Å². The van der Waals surface area contributed by atoms with Crippen LogP contribution in [0.2, 0.25) is 0 Å². The second kappa shape index (κ2) is 11.1. The summed E-state index contributed by atoms with van der Waals surface area (Å²) in [6, 6.07) is 22.9. The van der Waals surface area contributed by atoms with Crippen molar-refractivity contribution in [3.8, 4) is 17.3 Å². The van der Waals surface area contributed by atoms with Crippen molar-refractivity contribution in [3.05, 3.63) is 107 Å². The van der Waals surface area contributed by atoms with Gasteiger partial charge in [-0.05, 0) is 47.9 Å². The van der Waals surface area contributed by atoms with Gasteiger partial charge in [0.1, 0.15) is 17.5 Å². The van der Waals surface area contributed by atoms with Crippen LogP contribution in [-0.2, 0) is 11.2 Å². The van der Waals surface area contributed by atoms with E-state index < -0.39 is 11.8 Å². The van der Waals surface area contributed by atoms with E-state index in [2.05, 4.69) is 21.7 Å². The van der Waals surface area contributed by atoms with Crippen molar-refractivity contribution in [2.24, 2.45) is 5.73 Å². The summed E-state index contributed by atoms with van der Waals surface area (Å²) in [5, 5.41) is 15.8. The van der Waals surface area contributed by atoms with Crippen LogP contribution in [0.1, 0.15) is 28.2 Å². The number of carbonyl (C=O) groups excluding carboxylic acids is 1. The molecule has 4 N–H and O–H groups in total. The summed E-state index contributed by atoms with van der Waals surface area (Å²) in [7, 11) is 1.76. The molecule has 2 heterocycles. The van der Waals surface area contributed by atoms with Crippen molar-refractivity contribution in [1.29, 1.82) is 5.26 Å². The zero-order valence-corrected chi connectivity index (χ0v) is 19.7. The van der Waals surface area contributed by atoms with E-state index in [1.165, 1.54) is 12.1 Å². The van der Waals surface area contributed by atoms with Crippen LogP contribution in [0, 0.1) is 17.1 Å². The average Bonchev–Trinajstić information content (AvgIpc) is 2.90. The SMILES string of the molecule is CNc1ccc(C(C(N)=O)c2ccc(-c3ccccc3C#N)nc2NCCc2cccc(F)c2)cn1. The van der Waals surface area contributed by atoms with Gasteiger partial charge >= 0.3 is 0 Å². The molecule has 1 amide bonds. The van der Waals surface area contributed by atoms with Gasteiger partial charge in [0.2, 0.25) is 5.91 Å². The van der Waals surface area contributed by atoms with Crippen LogP contribution in [0.4, 0.5) is 16.0 Å². The molecule has 0 saturated heterocycles. The first-order valence-electron chi connectivity index (χ1n) is 11.4. The Hall–Kier alpha value is -4.77. The number of primary amides is 1. The lowest BCUT2D eigenvalue weighted by Gasteiger charge is -2.20. The molecule has 36 heavy (non-hydrogen) atoms. The number of halogens is 1. The van der Waals surface area contributed by atoms with Gasteiger partial charge in [0.15, 0.2) is 0 Å². The minimum Gasteiger partial charge on any atom is -0.373 e. The van der Waals surface area contributed by atoms with Crippen LogP contribution in [0.25, 0.3) is 11.3 Å². The number of carbonyl (C=O) groups is 1. The number of anilines is 2. The summed E-state index contributed by atoms with van der Waals surface area (Å²) in [5.74, 6) is -0.523. The van der Waals surface area contributed by atoms with E-state index in [0.717, 1.165) is 5.56 Å². The molecule has 0 fully saturated rings. The molecule has 8 heteroatoms. The van der Waals surface area contributed by atoms with E-state index in [1.54, 1.807) is 55.7 Å². The number of nitrogens with zero attached hydrogens (tertiary/aromatic N) is 3. The summed E-state index contributed by atoms with van der Waals surface area (Å²) in [6.45, 7) is 0.440. The van der Waals surface area contributed by atoms with E-state index in [1.807, 2.05) is 18.2 Å². The number of benzene rings is 2. The second-order valence-corrected chi connectivity index (χ2v) is 8.16. The third-order valence-electron chi connectivity index (χ3n) is 5.82. The summed E-state index contributed by atoms with van der Waals surface area (Å²) in [5.41, 5.74) is 9.63. The zero-order chi connectivity index (χ0) is 25.5. The fourth-order valence-corrected chi connectivity index (χ4v) is 4.04. The Kier molecular flexibility index (Phi) is 7.51. The summed E-state index contributed by atoms with van der Waals surface area (Å²) in [6.07, 6.45) is 2.15. The number of pyridine rings is 2. The molecule has 4 aromatic rings. The van der Waals surface area contributed by atoms with Crippen molar-refractivity contribution in [1.82, 2.24) is 9.97 Å². The van der Waals surface area contributed by atoms with Gasteiger partial charge in [-0.15, -0.1) is 0 Å². The maximum absolute atomic E-state index is 13.6. The highest BCUT2D eigenvalue weighted by Gasteiger charge is 2.25. The lowest BCUT2D eigenvalue weighted by Crippen LogP contribution is -2.24. The van der Waals surface area contributed by atoms with E-state index in [-0.39, 0.29) is 5.82 Å². The van der Waals surface area contributed by atoms with Crippen LogP contribution in [0.3, 0.4) is 0 Å². The minimum atomic E-state index is -0.798. The van der Waals surface area contributed by atoms with Crippen molar-refractivity contribution in [2.45, 2.75) is 12.3 Å². The van der Waals surface area contributed by atoms with Gasteiger partial charge in [0.05, 0.1) is 23.2 Å². The molecule has 0 radical (unpaired) electrons. The Morgan fingerprint density at radius 2 is 1.94 bits per heavy atom. The summed E-state index contributed by atoms with van der Waals surface area (Å²) >= 11 is 0. The lowest BCUT2D eigenvalue weighted by molar-refractivity contribution is -0.118. The number of nitriles is 1. The largest absolute Gasteiger partial charge is 0.373 e. The van der Waals surface area contributed by atoms with Gasteiger partial charge in [-0.2, -0.15) is 5.26 Å². The zero-order valence-electron chi connectivity index (χ0n) is 19.7. The third-order valence-corrected chi connectivity index (χ3v) is 5.82. The first kappa shape index (κ1) is 24.4. The van der Waals surface area contributed by atoms with Crippen molar-refractivity contribution < 1.29 is 9.18 Å². The number of rotatable bonds is 9. The van der Waals surface area contributed by atoms with E-state index >= 15 is 0 Å². The normalized spacial score (nSPS) is 11.4. The number of nitrogens with two attached hydrogens (primary N) is 1. The molecule has 7 nitrogen and oxygen atoms in total. The van der Waals surface area contributed by atoms with Crippen molar-refractivity contribution >= 4 is 17.5 Å². The highest BCUT2D eigenvalue weighted by atomic mass is 19.1. The highest BCUT2D eigenvalue weighted by Crippen LogP contribution is 2.32. The van der Waals surface area contributed by atoms with Crippen molar-refractivity contribution in [2.75, 3.05) is 24.2 Å². The first-order chi connectivity index (χ1) is 17.5. The van der Waals surface area contributed by atoms with Crippen LogP contribution >= 0.6 is 0 Å². The van der Waals surface area contributed by atoms with Crippen molar-refractivity contribution in [3.63, 3.8) is 0 Å². The van der Waals surface area contributed by atoms with Gasteiger partial charge in [-0.25, -0.2) is 14.4 Å². The standard InChI is InChI=1S/C28H25FN6O/c1-32-25-12-9-20(17-34-25)26(27(31)36)23-10-11-24(22-8-3-2-6-19(22)16-30)35-28(23)33-14-13-18-5-4-7-21(29)15-18/h2-12,15,17,26H,13-14H2,1H3,(H2,31,36)(H,32,34)(H,33,35). The molecule has 1 atom stereocenters. The van der Waals surface area contributed by atoms with Gasteiger partial charge in [-0.1, -0.05) is 42.5 Å². The molecule has 0 aliphatic heterocycles. The molecule has 0 aliphatic carbocycles. The van der Waals surface area contributed by atoms with Crippen LogP contribution < -0.4 is 16.4 Å². The van der Waals surface area contributed by atoms with Gasteiger partial charge in [0, 0.05) is 30.9 Å². The number of aromatic nitrogens is 2. The molecule has 0 aliphatic rings. The fourth-order valence-electron chi connectivity index (χ4n) is 4.04. The molecular weight excluding hydrogens is 455 g/mol. The Balaban J connectivity index is 1.74. The maximum atomic E-state index is 13.6. The average molecular weight is 481 g/mol. The van der Waals surface area contributed by atoms with Gasteiger partial charge < -0.3 is 16.4 Å². The summed E-state index contributed by atoms with van der Waals surface area (Å²) < 4.78 is 13.6. The molecule has 0 saturated carbocycles. The molecule has 0 spiro atoms. The maximum Gasteiger partial charge on any atom is 0.229 e. The smallest absolute Gasteiger partial charge is 0.229 e. The first-order valence-corrected chi connectivity index (χ1v) is 11.4. The molecule has 4 rings (SSSR count). The summed E-state index contributed by atoms with van der Waals surface area (Å²) in [4.78, 5) is 21.7. The third kappa shape index (κ3) is 5.47. The number of hydrogen-bond donors (Lipinski definition) is 3. The Morgan fingerprint density at radius 1 is 1.11 bits per heavy atom. The highest BCUT2D eigenvalue weighted by molar-refractivity contribution is 5.87. The molecule has 2 aromatic carbocycles. The number of nitrogens with one attached hydrogen (secondary N) is 2.